The predicted octanol–water partition coefficient (Wildman–Crippen LogP) is 3.35. The summed E-state index contributed by atoms with van der Waals surface area (Å²) in [6.45, 7) is 0.489. The molecule has 4 nitrogen and oxygen atoms in total. The van der Waals surface area contributed by atoms with Crippen molar-refractivity contribution in [2.24, 2.45) is 0 Å². The van der Waals surface area contributed by atoms with Crippen LogP contribution in [0.25, 0.3) is 10.2 Å². The van der Waals surface area contributed by atoms with E-state index in [4.69, 9.17) is 16.7 Å². The highest BCUT2D eigenvalue weighted by molar-refractivity contribution is 7.18. The van der Waals surface area contributed by atoms with Crippen molar-refractivity contribution in [2.45, 2.75) is 13.2 Å². The molecule has 0 aliphatic rings. The van der Waals surface area contributed by atoms with Gasteiger partial charge < -0.3 is 15.4 Å². The first-order chi connectivity index (χ1) is 10.2. The first-order valence-corrected chi connectivity index (χ1v) is 7.60. The van der Waals surface area contributed by atoms with Crippen LogP contribution < -0.4 is 10.7 Å². The number of rotatable bonds is 4. The van der Waals surface area contributed by atoms with E-state index < -0.39 is 0 Å². The summed E-state index contributed by atoms with van der Waals surface area (Å²) in [6, 6.07) is 9.19. The quantitative estimate of drug-likeness (QED) is 0.690. The van der Waals surface area contributed by atoms with Gasteiger partial charge in [-0.25, -0.2) is 0 Å². The molecule has 0 aliphatic heterocycles. The highest BCUT2D eigenvalue weighted by atomic mass is 35.5. The molecular weight excluding hydrogens is 308 g/mol. The Labute approximate surface area is 130 Å². The molecule has 6 heteroatoms. The molecular formula is C15H13ClN2O2S. The van der Waals surface area contributed by atoms with Gasteiger partial charge in [-0.1, -0.05) is 23.7 Å². The van der Waals surface area contributed by atoms with Crippen molar-refractivity contribution in [2.75, 3.05) is 5.32 Å². The Morgan fingerprint density at radius 1 is 1.29 bits per heavy atom. The molecule has 0 spiro atoms. The number of benzene rings is 1. The number of nitrogens with one attached hydrogen (secondary N) is 2. The molecule has 3 aromatic rings. The molecule has 108 valence electrons. The average Bonchev–Trinajstić information content (AvgIpc) is 2.92. The molecule has 0 saturated carbocycles. The van der Waals surface area contributed by atoms with Gasteiger partial charge in [0, 0.05) is 22.6 Å². The van der Waals surface area contributed by atoms with Crippen LogP contribution in [-0.2, 0) is 13.2 Å². The molecule has 0 radical (unpaired) electrons. The van der Waals surface area contributed by atoms with Gasteiger partial charge in [0.05, 0.1) is 17.7 Å². The number of halogens is 1. The van der Waals surface area contributed by atoms with Crippen LogP contribution in [0.1, 0.15) is 10.4 Å². The van der Waals surface area contributed by atoms with Gasteiger partial charge in [0.15, 0.2) is 0 Å². The zero-order chi connectivity index (χ0) is 14.8. The third kappa shape index (κ3) is 2.95. The van der Waals surface area contributed by atoms with E-state index in [1.165, 1.54) is 11.3 Å². The van der Waals surface area contributed by atoms with Gasteiger partial charge in [0.2, 0.25) is 5.43 Å². The second-order valence-electron chi connectivity index (χ2n) is 4.63. The number of aromatic nitrogens is 1. The lowest BCUT2D eigenvalue weighted by molar-refractivity contribution is 0.285. The van der Waals surface area contributed by atoms with Gasteiger partial charge >= 0.3 is 0 Å². The lowest BCUT2D eigenvalue weighted by atomic mass is 10.2. The first-order valence-electron chi connectivity index (χ1n) is 6.40. The Morgan fingerprint density at radius 2 is 2.05 bits per heavy atom. The van der Waals surface area contributed by atoms with Gasteiger partial charge in [-0.3, -0.25) is 4.79 Å². The van der Waals surface area contributed by atoms with E-state index in [2.05, 4.69) is 10.3 Å². The number of aliphatic hydroxyl groups excluding tert-OH is 1. The number of aliphatic hydroxyl groups is 1. The summed E-state index contributed by atoms with van der Waals surface area (Å²) in [5.74, 6) is 0. The molecule has 2 heterocycles. The van der Waals surface area contributed by atoms with Crippen molar-refractivity contribution in [1.29, 1.82) is 0 Å². The third-order valence-electron chi connectivity index (χ3n) is 3.17. The summed E-state index contributed by atoms with van der Waals surface area (Å²) in [5, 5.41) is 13.6. The molecule has 2 aromatic heterocycles. The maximum Gasteiger partial charge on any atom is 0.213 e. The molecule has 3 rings (SSSR count). The van der Waals surface area contributed by atoms with E-state index in [1.807, 2.05) is 24.3 Å². The van der Waals surface area contributed by atoms with E-state index in [0.29, 0.717) is 22.6 Å². The van der Waals surface area contributed by atoms with Crippen LogP contribution in [0.3, 0.4) is 0 Å². The van der Waals surface area contributed by atoms with Crippen LogP contribution in [0.4, 0.5) is 5.69 Å². The maximum atomic E-state index is 12.4. The van der Waals surface area contributed by atoms with Crippen LogP contribution in [0.2, 0.25) is 5.02 Å². The van der Waals surface area contributed by atoms with Crippen LogP contribution in [0.15, 0.2) is 41.3 Å². The number of fused-ring (bicyclic) bond motifs is 1. The van der Waals surface area contributed by atoms with E-state index in [9.17, 15) is 4.79 Å². The SMILES string of the molecule is O=c1c(NCc2ccc(Cl)cc2)c[nH]c2sc(CO)cc12. The topological polar surface area (TPSA) is 65.1 Å². The Kier molecular flexibility index (Phi) is 3.96. The van der Waals surface area contributed by atoms with Crippen LogP contribution in [0.5, 0.6) is 0 Å². The maximum absolute atomic E-state index is 12.4. The van der Waals surface area contributed by atoms with Crippen LogP contribution in [0, 0.1) is 0 Å². The molecule has 0 aliphatic carbocycles. The summed E-state index contributed by atoms with van der Waals surface area (Å²) < 4.78 is 0. The van der Waals surface area contributed by atoms with E-state index in [-0.39, 0.29) is 12.0 Å². The van der Waals surface area contributed by atoms with E-state index in [1.54, 1.807) is 12.3 Å². The number of pyridine rings is 1. The van der Waals surface area contributed by atoms with Gasteiger partial charge in [-0.2, -0.15) is 0 Å². The molecule has 0 fully saturated rings. The highest BCUT2D eigenvalue weighted by Crippen LogP contribution is 2.22. The second-order valence-corrected chi connectivity index (χ2v) is 6.20. The lowest BCUT2D eigenvalue weighted by Crippen LogP contribution is -2.11. The highest BCUT2D eigenvalue weighted by Gasteiger charge is 2.08. The molecule has 1 aromatic carbocycles. The number of thiophene rings is 1. The fourth-order valence-corrected chi connectivity index (χ4v) is 3.08. The van der Waals surface area contributed by atoms with Gasteiger partial charge in [-0.05, 0) is 23.8 Å². The van der Waals surface area contributed by atoms with Crippen LogP contribution >= 0.6 is 22.9 Å². The van der Waals surface area contributed by atoms with Crippen molar-refractivity contribution in [1.82, 2.24) is 4.98 Å². The van der Waals surface area contributed by atoms with Crippen molar-refractivity contribution in [3.63, 3.8) is 0 Å². The Balaban J connectivity index is 1.85. The summed E-state index contributed by atoms with van der Waals surface area (Å²) in [7, 11) is 0. The van der Waals surface area contributed by atoms with Gasteiger partial charge in [0.25, 0.3) is 0 Å². The molecule has 0 bridgehead atoms. The minimum atomic E-state index is -0.0614. The number of anilines is 1. The number of hydrogen-bond acceptors (Lipinski definition) is 4. The number of hydrogen-bond donors (Lipinski definition) is 3. The van der Waals surface area contributed by atoms with Crippen molar-refractivity contribution in [3.8, 4) is 0 Å². The largest absolute Gasteiger partial charge is 0.391 e. The molecule has 3 N–H and O–H groups in total. The zero-order valence-corrected chi connectivity index (χ0v) is 12.6. The fourth-order valence-electron chi connectivity index (χ4n) is 2.08. The standard InChI is InChI=1S/C15H13ClN2O2S/c16-10-3-1-9(2-4-10)6-17-13-7-18-15-12(14(13)20)5-11(8-19)21-15/h1-5,7,17,19H,6,8H2,(H,18,20). The molecule has 21 heavy (non-hydrogen) atoms. The Morgan fingerprint density at radius 3 is 2.76 bits per heavy atom. The number of aromatic amines is 1. The molecule has 0 atom stereocenters. The molecule has 0 unspecified atom stereocenters. The first kappa shape index (κ1) is 14.1. The monoisotopic (exact) mass is 320 g/mol. The summed E-state index contributed by atoms with van der Waals surface area (Å²) in [6.07, 6.45) is 1.66. The predicted molar refractivity (Wildman–Crippen MR) is 87.1 cm³/mol. The minimum Gasteiger partial charge on any atom is -0.391 e. The van der Waals surface area contributed by atoms with Crippen molar-refractivity contribution in [3.05, 3.63) is 62.2 Å². The minimum absolute atomic E-state index is 0.0554. The van der Waals surface area contributed by atoms with Crippen molar-refractivity contribution >= 4 is 38.8 Å². The summed E-state index contributed by atoms with van der Waals surface area (Å²) in [4.78, 5) is 17.0. The van der Waals surface area contributed by atoms with Crippen molar-refractivity contribution < 1.29 is 5.11 Å². The third-order valence-corrected chi connectivity index (χ3v) is 4.48. The van der Waals surface area contributed by atoms with Gasteiger partial charge in [-0.15, -0.1) is 11.3 Å². The Bertz CT molecular complexity index is 824. The molecule has 0 amide bonds. The molecule has 0 saturated heterocycles. The smallest absolute Gasteiger partial charge is 0.213 e. The second kappa shape index (κ2) is 5.89. The fraction of sp³-hybridized carbons (Fsp3) is 0.133. The lowest BCUT2D eigenvalue weighted by Gasteiger charge is -2.06. The number of H-pyrrole nitrogens is 1. The van der Waals surface area contributed by atoms with E-state index >= 15 is 0 Å². The Hall–Kier alpha value is -1.82. The summed E-state index contributed by atoms with van der Waals surface area (Å²) in [5.41, 5.74) is 1.49. The normalized spacial score (nSPS) is 11.0. The summed E-state index contributed by atoms with van der Waals surface area (Å²) >= 11 is 7.23. The van der Waals surface area contributed by atoms with Crippen LogP contribution in [-0.4, -0.2) is 10.1 Å². The van der Waals surface area contributed by atoms with Gasteiger partial charge in [0.1, 0.15) is 4.83 Å². The van der Waals surface area contributed by atoms with E-state index in [0.717, 1.165) is 15.3 Å². The zero-order valence-electron chi connectivity index (χ0n) is 11.0. The average molecular weight is 321 g/mol.